The van der Waals surface area contributed by atoms with Crippen LogP contribution >= 0.6 is 0 Å². The molecule has 0 aliphatic carbocycles. The van der Waals surface area contributed by atoms with Crippen molar-refractivity contribution in [1.82, 2.24) is 0 Å². The zero-order valence-electron chi connectivity index (χ0n) is 51.6. The minimum absolute atomic E-state index is 0.0904. The minimum Gasteiger partial charge on any atom is -0.462 e. The monoisotopic (exact) mass is 1090 g/mol. The number of unbranched alkanes of at least 4 members (excludes halogenated alkanes) is 28. The number of hydrogen-bond donors (Lipinski definition) is 0. The molecule has 0 bridgehead atoms. The Hall–Kier alpha value is -4.19. The van der Waals surface area contributed by atoms with Gasteiger partial charge in [-0.3, -0.25) is 14.4 Å². The summed E-state index contributed by atoms with van der Waals surface area (Å²) in [6, 6.07) is 0. The molecule has 0 aromatic carbocycles. The minimum atomic E-state index is -0.797. The maximum Gasteiger partial charge on any atom is 0.306 e. The molecule has 1 atom stereocenters. The van der Waals surface area contributed by atoms with Crippen LogP contribution in [-0.2, 0) is 28.6 Å². The Morgan fingerprint density at radius 1 is 0.266 bits per heavy atom. The van der Waals surface area contributed by atoms with Gasteiger partial charge in [0, 0.05) is 19.3 Å². The predicted octanol–water partition coefficient (Wildman–Crippen LogP) is 22.8. The predicted molar refractivity (Wildman–Crippen MR) is 343 cm³/mol. The lowest BCUT2D eigenvalue weighted by molar-refractivity contribution is -0.167. The molecular weight excluding hydrogens is 973 g/mol. The lowest BCUT2D eigenvalue weighted by Crippen LogP contribution is -2.30. The zero-order chi connectivity index (χ0) is 57.1. The van der Waals surface area contributed by atoms with Crippen LogP contribution in [0, 0.1) is 0 Å². The summed E-state index contributed by atoms with van der Waals surface area (Å²) >= 11 is 0. The van der Waals surface area contributed by atoms with E-state index in [9.17, 15) is 14.4 Å². The average molecular weight is 1100 g/mol. The van der Waals surface area contributed by atoms with Crippen LogP contribution in [0.4, 0.5) is 0 Å². The normalized spacial score (nSPS) is 12.9. The van der Waals surface area contributed by atoms with Crippen LogP contribution in [-0.4, -0.2) is 37.2 Å². The summed E-state index contributed by atoms with van der Waals surface area (Å²) in [5.41, 5.74) is 0. The molecule has 6 heteroatoms. The second kappa shape index (κ2) is 66.3. The molecule has 0 aliphatic heterocycles. The number of rotatable bonds is 59. The molecule has 79 heavy (non-hydrogen) atoms. The standard InChI is InChI=1S/C73H122O6/c1-4-7-10-13-16-19-22-25-28-30-32-33-34-35-36-37-38-39-41-42-45-48-51-54-57-60-63-66-72(75)78-69-70(68-77-71(74)65-62-59-56-53-50-47-44-27-24-21-18-15-12-9-6-3)79-73(76)67-64-61-58-55-52-49-46-43-40-31-29-26-23-20-17-14-11-8-5-2/h7,9-10,12,16-21,25-29,32-33,40,43-44,70H,4-6,8,11,13-15,22-24,30-31,34-39,41-42,45-69H2,1-3H3/b10-7-,12-9-,19-16-,20-17-,21-18-,28-25-,29-26-,33-32-,43-40-,44-27-. The van der Waals surface area contributed by atoms with Gasteiger partial charge in [-0.05, 0) is 128 Å². The molecule has 1 unspecified atom stereocenters. The fraction of sp³-hybridized carbons (Fsp3) is 0.685. The molecule has 0 spiro atoms. The third kappa shape index (κ3) is 64.5. The first-order valence-corrected chi connectivity index (χ1v) is 33.0. The van der Waals surface area contributed by atoms with Gasteiger partial charge in [0.25, 0.3) is 0 Å². The van der Waals surface area contributed by atoms with E-state index in [0.29, 0.717) is 19.3 Å². The highest BCUT2D eigenvalue weighted by Crippen LogP contribution is 2.16. The Kier molecular flexibility index (Phi) is 62.8. The van der Waals surface area contributed by atoms with Gasteiger partial charge in [0.1, 0.15) is 13.2 Å². The van der Waals surface area contributed by atoms with Crippen molar-refractivity contribution in [2.45, 2.75) is 309 Å². The average Bonchev–Trinajstić information content (AvgIpc) is 3.45. The van der Waals surface area contributed by atoms with Gasteiger partial charge >= 0.3 is 17.9 Å². The van der Waals surface area contributed by atoms with Gasteiger partial charge in [-0.15, -0.1) is 0 Å². The fourth-order valence-corrected chi connectivity index (χ4v) is 9.04. The number of ether oxygens (including phenoxy) is 3. The van der Waals surface area contributed by atoms with Crippen LogP contribution in [0.25, 0.3) is 0 Å². The SMILES string of the molecule is CC/C=C\C/C=C\C/C=C\C/C=C\CCCCCCCCCCCCCCCCC(=O)OCC(COC(=O)CCCCCCC/C=C\C/C=C\C/C=C\CC)OC(=O)CCCCCCCC/C=C\C/C=C\C/C=C\CCCCC. The van der Waals surface area contributed by atoms with Crippen LogP contribution in [0.1, 0.15) is 303 Å². The first-order chi connectivity index (χ1) is 39.0. The highest BCUT2D eigenvalue weighted by Gasteiger charge is 2.19. The largest absolute Gasteiger partial charge is 0.462 e. The Labute approximate surface area is 488 Å². The number of esters is 3. The van der Waals surface area contributed by atoms with Crippen LogP contribution in [0.5, 0.6) is 0 Å². The Morgan fingerprint density at radius 2 is 0.494 bits per heavy atom. The van der Waals surface area contributed by atoms with Gasteiger partial charge in [0.05, 0.1) is 0 Å². The van der Waals surface area contributed by atoms with Crippen molar-refractivity contribution in [3.63, 3.8) is 0 Å². The second-order valence-electron chi connectivity index (χ2n) is 21.6. The van der Waals surface area contributed by atoms with Crippen molar-refractivity contribution in [2.24, 2.45) is 0 Å². The van der Waals surface area contributed by atoms with E-state index in [-0.39, 0.29) is 31.1 Å². The van der Waals surface area contributed by atoms with Crippen LogP contribution in [0.3, 0.4) is 0 Å². The smallest absolute Gasteiger partial charge is 0.306 e. The van der Waals surface area contributed by atoms with Gasteiger partial charge in [-0.2, -0.15) is 0 Å². The summed E-state index contributed by atoms with van der Waals surface area (Å²) in [5.74, 6) is -0.914. The van der Waals surface area contributed by atoms with E-state index in [1.54, 1.807) is 0 Å². The quantitative estimate of drug-likeness (QED) is 0.0261. The number of carbonyl (C=O) groups excluding carboxylic acids is 3. The second-order valence-corrected chi connectivity index (χ2v) is 21.6. The molecule has 0 fully saturated rings. The molecule has 0 rings (SSSR count). The molecular formula is C73H122O6. The summed E-state index contributed by atoms with van der Waals surface area (Å²) in [7, 11) is 0. The fourth-order valence-electron chi connectivity index (χ4n) is 9.04. The first-order valence-electron chi connectivity index (χ1n) is 33.0. The molecule has 0 saturated heterocycles. The zero-order valence-corrected chi connectivity index (χ0v) is 51.6. The number of hydrogen-bond acceptors (Lipinski definition) is 6. The van der Waals surface area contributed by atoms with E-state index in [4.69, 9.17) is 14.2 Å². The van der Waals surface area contributed by atoms with Gasteiger partial charge in [-0.1, -0.05) is 277 Å². The van der Waals surface area contributed by atoms with Crippen molar-refractivity contribution in [3.8, 4) is 0 Å². The van der Waals surface area contributed by atoms with Crippen molar-refractivity contribution >= 4 is 17.9 Å². The summed E-state index contributed by atoms with van der Waals surface area (Å²) in [6.45, 7) is 6.38. The van der Waals surface area contributed by atoms with E-state index in [1.165, 1.54) is 116 Å². The molecule has 0 saturated carbocycles. The summed E-state index contributed by atoms with van der Waals surface area (Å²) in [6.07, 6.45) is 92.1. The topological polar surface area (TPSA) is 78.9 Å². The third-order valence-corrected chi connectivity index (χ3v) is 13.9. The number of allylic oxidation sites excluding steroid dienone is 20. The van der Waals surface area contributed by atoms with E-state index in [1.807, 2.05) is 0 Å². The lowest BCUT2D eigenvalue weighted by Gasteiger charge is -2.18. The molecule has 0 aromatic heterocycles. The molecule has 0 radical (unpaired) electrons. The van der Waals surface area contributed by atoms with E-state index < -0.39 is 6.10 Å². The van der Waals surface area contributed by atoms with Crippen LogP contribution < -0.4 is 0 Å². The number of carbonyl (C=O) groups is 3. The Bertz CT molecular complexity index is 1640. The van der Waals surface area contributed by atoms with Crippen LogP contribution in [0.2, 0.25) is 0 Å². The lowest BCUT2D eigenvalue weighted by atomic mass is 10.0. The van der Waals surface area contributed by atoms with Gasteiger partial charge in [0.15, 0.2) is 6.10 Å². The summed E-state index contributed by atoms with van der Waals surface area (Å²) in [4.78, 5) is 38.4. The molecule has 0 amide bonds. The van der Waals surface area contributed by atoms with Crippen LogP contribution in [0.15, 0.2) is 122 Å². The van der Waals surface area contributed by atoms with Crippen molar-refractivity contribution in [1.29, 1.82) is 0 Å². The molecule has 0 aliphatic rings. The summed E-state index contributed by atoms with van der Waals surface area (Å²) < 4.78 is 16.9. The maximum absolute atomic E-state index is 12.9. The highest BCUT2D eigenvalue weighted by atomic mass is 16.6. The Balaban J connectivity index is 4.35. The van der Waals surface area contributed by atoms with Crippen molar-refractivity contribution in [3.05, 3.63) is 122 Å². The van der Waals surface area contributed by atoms with Gasteiger partial charge in [-0.25, -0.2) is 0 Å². The molecule has 6 nitrogen and oxygen atoms in total. The van der Waals surface area contributed by atoms with E-state index >= 15 is 0 Å². The molecule has 0 aromatic rings. The summed E-state index contributed by atoms with van der Waals surface area (Å²) in [5, 5.41) is 0. The third-order valence-electron chi connectivity index (χ3n) is 13.9. The van der Waals surface area contributed by atoms with Gasteiger partial charge < -0.3 is 14.2 Å². The van der Waals surface area contributed by atoms with Gasteiger partial charge in [0.2, 0.25) is 0 Å². The molecule has 0 heterocycles. The molecule has 450 valence electrons. The van der Waals surface area contributed by atoms with E-state index in [0.717, 1.165) is 148 Å². The maximum atomic E-state index is 12.9. The Morgan fingerprint density at radius 3 is 0.772 bits per heavy atom. The van der Waals surface area contributed by atoms with Crippen molar-refractivity contribution in [2.75, 3.05) is 13.2 Å². The van der Waals surface area contributed by atoms with E-state index in [2.05, 4.69) is 142 Å². The highest BCUT2D eigenvalue weighted by molar-refractivity contribution is 5.71. The molecule has 0 N–H and O–H groups in total. The first kappa shape index (κ1) is 74.8. The van der Waals surface area contributed by atoms with Crippen molar-refractivity contribution < 1.29 is 28.6 Å².